The first-order chi connectivity index (χ1) is 14.7. The molecule has 1 aromatic heterocycles. The molecule has 1 saturated heterocycles. The topological polar surface area (TPSA) is 72.0 Å². The first-order valence-electron chi connectivity index (χ1n) is 10.2. The summed E-state index contributed by atoms with van der Waals surface area (Å²) in [5, 5.41) is 6.54. The van der Waals surface area contributed by atoms with E-state index >= 15 is 0 Å². The Balaban J connectivity index is 1.23. The number of aryl methyl sites for hydroxylation is 1. The van der Waals surface area contributed by atoms with Gasteiger partial charge in [-0.25, -0.2) is 0 Å². The lowest BCUT2D eigenvalue weighted by Crippen LogP contribution is -3.13. The molecule has 7 nitrogen and oxygen atoms in total. The molecule has 7 heteroatoms. The lowest BCUT2D eigenvalue weighted by atomic mass is 10.2. The minimum Gasteiger partial charge on any atom is -0.465 e. The van der Waals surface area contributed by atoms with Gasteiger partial charge >= 0.3 is 0 Å². The fourth-order valence-electron chi connectivity index (χ4n) is 3.65. The number of hydrogen-bond donors (Lipinski definition) is 2. The van der Waals surface area contributed by atoms with Crippen LogP contribution in [0.1, 0.15) is 11.3 Å². The van der Waals surface area contributed by atoms with Crippen molar-refractivity contribution in [3.63, 3.8) is 0 Å². The second-order valence-electron chi connectivity index (χ2n) is 7.56. The molecule has 0 saturated carbocycles. The number of amides is 1. The van der Waals surface area contributed by atoms with Gasteiger partial charge < -0.3 is 24.4 Å². The van der Waals surface area contributed by atoms with E-state index < -0.39 is 0 Å². The lowest BCUT2D eigenvalue weighted by Gasteiger charge is -2.33. The summed E-state index contributed by atoms with van der Waals surface area (Å²) in [4.78, 5) is 16.1. The van der Waals surface area contributed by atoms with Gasteiger partial charge in [-0.15, -0.1) is 0 Å². The van der Waals surface area contributed by atoms with Crippen LogP contribution in [0.25, 0.3) is 0 Å². The average molecular weight is 407 g/mol. The van der Waals surface area contributed by atoms with E-state index in [0.717, 1.165) is 38.4 Å². The van der Waals surface area contributed by atoms with Gasteiger partial charge in [-0.1, -0.05) is 30.3 Å². The van der Waals surface area contributed by atoms with Crippen molar-refractivity contribution in [3.8, 4) is 5.88 Å². The Kier molecular flexibility index (Phi) is 6.29. The van der Waals surface area contributed by atoms with Crippen LogP contribution in [0.2, 0.25) is 0 Å². The summed E-state index contributed by atoms with van der Waals surface area (Å²) in [5.74, 6) is 0.719. The summed E-state index contributed by atoms with van der Waals surface area (Å²) < 4.78 is 10.2. The maximum absolute atomic E-state index is 12.1. The SMILES string of the molecule is Cc1cc(OCC(=O)Nc2ccc(N3CC[NH+](Cc4ccccc4)CC3)cc2)no1. The zero-order valence-corrected chi connectivity index (χ0v) is 17.1. The number of hydrogen-bond acceptors (Lipinski definition) is 5. The number of rotatable bonds is 7. The summed E-state index contributed by atoms with van der Waals surface area (Å²) >= 11 is 0. The number of ether oxygens (including phenoxy) is 1. The number of nitrogens with zero attached hydrogens (tertiary/aromatic N) is 2. The molecule has 0 aliphatic carbocycles. The van der Waals surface area contributed by atoms with Crippen molar-refractivity contribution in [2.45, 2.75) is 13.5 Å². The van der Waals surface area contributed by atoms with Crippen molar-refractivity contribution in [3.05, 3.63) is 72.0 Å². The van der Waals surface area contributed by atoms with E-state index in [9.17, 15) is 4.79 Å². The number of piperazine rings is 1. The van der Waals surface area contributed by atoms with Crippen molar-refractivity contribution < 1.29 is 19.0 Å². The highest BCUT2D eigenvalue weighted by atomic mass is 16.5. The van der Waals surface area contributed by atoms with Gasteiger partial charge in [-0.3, -0.25) is 4.79 Å². The number of nitrogens with one attached hydrogen (secondary N) is 2. The molecule has 1 aliphatic heterocycles. The second-order valence-corrected chi connectivity index (χ2v) is 7.56. The molecule has 0 atom stereocenters. The predicted molar refractivity (Wildman–Crippen MR) is 115 cm³/mol. The highest BCUT2D eigenvalue weighted by Gasteiger charge is 2.20. The lowest BCUT2D eigenvalue weighted by molar-refractivity contribution is -0.914. The Morgan fingerprint density at radius 1 is 1.13 bits per heavy atom. The normalized spacial score (nSPS) is 14.5. The summed E-state index contributed by atoms with van der Waals surface area (Å²) in [6.07, 6.45) is 0. The molecule has 156 valence electrons. The number of carbonyl (C=O) groups is 1. The van der Waals surface area contributed by atoms with Gasteiger partial charge in [0.1, 0.15) is 12.3 Å². The second kappa shape index (κ2) is 9.45. The Morgan fingerprint density at radius 3 is 2.53 bits per heavy atom. The van der Waals surface area contributed by atoms with E-state index in [4.69, 9.17) is 9.26 Å². The van der Waals surface area contributed by atoms with Gasteiger partial charge in [0, 0.05) is 23.0 Å². The third-order valence-electron chi connectivity index (χ3n) is 5.24. The van der Waals surface area contributed by atoms with E-state index in [1.165, 1.54) is 11.3 Å². The largest absolute Gasteiger partial charge is 0.465 e. The van der Waals surface area contributed by atoms with Gasteiger partial charge in [0.15, 0.2) is 6.61 Å². The van der Waals surface area contributed by atoms with E-state index in [0.29, 0.717) is 11.6 Å². The maximum Gasteiger partial charge on any atom is 0.262 e. The van der Waals surface area contributed by atoms with Crippen LogP contribution in [-0.4, -0.2) is 43.8 Å². The third-order valence-corrected chi connectivity index (χ3v) is 5.24. The van der Waals surface area contributed by atoms with Gasteiger partial charge in [-0.05, 0) is 36.3 Å². The van der Waals surface area contributed by atoms with Crippen LogP contribution >= 0.6 is 0 Å². The molecular weight excluding hydrogens is 380 g/mol. The Labute approximate surface area is 176 Å². The molecule has 3 aromatic rings. The zero-order valence-electron chi connectivity index (χ0n) is 17.1. The van der Waals surface area contributed by atoms with Crippen molar-refractivity contribution in [2.24, 2.45) is 0 Å². The van der Waals surface area contributed by atoms with Crippen LogP contribution < -0.4 is 19.9 Å². The molecule has 0 unspecified atom stereocenters. The van der Waals surface area contributed by atoms with Gasteiger partial charge in [0.05, 0.1) is 26.2 Å². The van der Waals surface area contributed by atoms with Crippen molar-refractivity contribution in [1.29, 1.82) is 0 Å². The van der Waals surface area contributed by atoms with E-state index in [1.54, 1.807) is 17.9 Å². The third kappa shape index (κ3) is 5.39. The van der Waals surface area contributed by atoms with Crippen LogP contribution in [0.15, 0.2) is 65.2 Å². The zero-order chi connectivity index (χ0) is 20.8. The van der Waals surface area contributed by atoms with Crippen molar-refractivity contribution in [2.75, 3.05) is 43.0 Å². The molecule has 2 heterocycles. The average Bonchev–Trinajstić information content (AvgIpc) is 3.19. The first kappa shape index (κ1) is 20.0. The minimum absolute atomic E-state index is 0.111. The fourth-order valence-corrected chi connectivity index (χ4v) is 3.65. The standard InChI is InChI=1S/C23H26N4O3/c1-18-15-23(25-30-18)29-17-22(28)24-20-7-9-21(10-8-20)27-13-11-26(12-14-27)16-19-5-3-2-4-6-19/h2-10,15H,11-14,16-17H2,1H3,(H,24,28)/p+1. The van der Waals surface area contributed by atoms with Crippen LogP contribution in [0.3, 0.4) is 0 Å². The van der Waals surface area contributed by atoms with Gasteiger partial charge in [0.25, 0.3) is 11.8 Å². The summed E-state index contributed by atoms with van der Waals surface area (Å²) in [6.45, 7) is 7.03. The predicted octanol–water partition coefficient (Wildman–Crippen LogP) is 1.91. The number of benzene rings is 2. The first-order valence-corrected chi connectivity index (χ1v) is 10.2. The van der Waals surface area contributed by atoms with Crippen LogP contribution in [0.4, 0.5) is 11.4 Å². The smallest absolute Gasteiger partial charge is 0.262 e. The molecule has 0 radical (unpaired) electrons. The molecule has 0 spiro atoms. The number of quaternary nitrogens is 1. The van der Waals surface area contributed by atoms with Crippen LogP contribution in [-0.2, 0) is 11.3 Å². The van der Waals surface area contributed by atoms with Crippen molar-refractivity contribution >= 4 is 17.3 Å². The Bertz CT molecular complexity index is 948. The molecule has 2 N–H and O–H groups in total. The molecule has 4 rings (SSSR count). The molecule has 0 bridgehead atoms. The van der Waals surface area contributed by atoms with E-state index in [-0.39, 0.29) is 12.5 Å². The Morgan fingerprint density at radius 2 is 1.87 bits per heavy atom. The molecule has 1 aliphatic rings. The molecule has 2 aromatic carbocycles. The molecular formula is C23H27N4O3+. The molecule has 30 heavy (non-hydrogen) atoms. The van der Waals surface area contributed by atoms with Gasteiger partial charge in [0.2, 0.25) is 0 Å². The quantitative estimate of drug-likeness (QED) is 0.626. The number of carbonyl (C=O) groups excluding carboxylic acids is 1. The fraction of sp³-hybridized carbons (Fsp3) is 0.304. The summed E-state index contributed by atoms with van der Waals surface area (Å²) in [7, 11) is 0. The number of aromatic nitrogens is 1. The van der Waals surface area contributed by atoms with Crippen molar-refractivity contribution in [1.82, 2.24) is 5.16 Å². The minimum atomic E-state index is -0.235. The maximum atomic E-state index is 12.1. The number of anilines is 2. The van der Waals surface area contributed by atoms with Gasteiger partial charge in [-0.2, -0.15) is 0 Å². The summed E-state index contributed by atoms with van der Waals surface area (Å²) in [5.41, 5.74) is 3.32. The Hall–Kier alpha value is -3.32. The highest BCUT2D eigenvalue weighted by molar-refractivity contribution is 5.92. The van der Waals surface area contributed by atoms with E-state index in [2.05, 4.69) is 57.8 Å². The van der Waals surface area contributed by atoms with Crippen LogP contribution in [0.5, 0.6) is 5.88 Å². The summed E-state index contributed by atoms with van der Waals surface area (Å²) in [6, 6.07) is 20.3. The monoisotopic (exact) mass is 407 g/mol. The van der Waals surface area contributed by atoms with E-state index in [1.807, 2.05) is 12.1 Å². The highest BCUT2D eigenvalue weighted by Crippen LogP contribution is 2.18. The molecule has 1 fully saturated rings. The molecule has 1 amide bonds. The van der Waals surface area contributed by atoms with Crippen LogP contribution in [0, 0.1) is 6.92 Å².